The van der Waals surface area contributed by atoms with Crippen LogP contribution >= 0.6 is 11.6 Å². The van der Waals surface area contributed by atoms with Crippen LogP contribution in [0.1, 0.15) is 30.4 Å². The van der Waals surface area contributed by atoms with Gasteiger partial charge in [0.2, 0.25) is 0 Å². The number of benzene rings is 1. The Morgan fingerprint density at radius 2 is 2.06 bits per heavy atom. The number of carboxylic acid groups (broad SMARTS) is 1. The fourth-order valence-corrected chi connectivity index (χ4v) is 2.53. The number of aryl methyl sites for hydroxylation is 1. The van der Waals surface area contributed by atoms with Crippen molar-refractivity contribution in [2.24, 2.45) is 0 Å². The summed E-state index contributed by atoms with van der Waals surface area (Å²) in [6.45, 7) is 1.80. The zero-order valence-corrected chi connectivity index (χ0v) is 9.71. The molecule has 1 aliphatic rings. The SMILES string of the molecule is Cc1ccc(Cl)c(O)c1C1(C(=O)O)CCC1. The standard InChI is InChI=1S/C12H13ClO3/c1-7-3-4-8(13)10(14)9(7)12(11(15)16)5-2-6-12/h3-4,14H,2,5-6H2,1H3,(H,15,16). The van der Waals surface area contributed by atoms with Crippen molar-refractivity contribution in [1.82, 2.24) is 0 Å². The lowest BCUT2D eigenvalue weighted by Gasteiger charge is -2.39. The quantitative estimate of drug-likeness (QED) is 0.836. The molecule has 0 radical (unpaired) electrons. The van der Waals surface area contributed by atoms with Gasteiger partial charge in [0.05, 0.1) is 10.4 Å². The second-order valence-electron chi connectivity index (χ2n) is 4.33. The van der Waals surface area contributed by atoms with E-state index >= 15 is 0 Å². The first-order chi connectivity index (χ1) is 7.49. The van der Waals surface area contributed by atoms with Crippen LogP contribution in [0.15, 0.2) is 12.1 Å². The van der Waals surface area contributed by atoms with E-state index in [4.69, 9.17) is 11.6 Å². The number of carbonyl (C=O) groups is 1. The van der Waals surface area contributed by atoms with Crippen LogP contribution in [0.3, 0.4) is 0 Å². The maximum atomic E-state index is 11.4. The molecule has 1 aromatic carbocycles. The van der Waals surface area contributed by atoms with Crippen LogP contribution in [0.5, 0.6) is 5.75 Å². The minimum atomic E-state index is -0.931. The highest BCUT2D eigenvalue weighted by atomic mass is 35.5. The zero-order chi connectivity index (χ0) is 11.9. The molecular weight excluding hydrogens is 228 g/mol. The van der Waals surface area contributed by atoms with Crippen molar-refractivity contribution in [2.45, 2.75) is 31.6 Å². The first-order valence-electron chi connectivity index (χ1n) is 5.21. The molecule has 0 heterocycles. The number of rotatable bonds is 2. The third-order valence-electron chi connectivity index (χ3n) is 3.43. The number of halogens is 1. The maximum Gasteiger partial charge on any atom is 0.314 e. The monoisotopic (exact) mass is 240 g/mol. The van der Waals surface area contributed by atoms with Crippen LogP contribution in [0, 0.1) is 6.92 Å². The molecule has 3 nitrogen and oxygen atoms in total. The summed E-state index contributed by atoms with van der Waals surface area (Å²) in [5, 5.41) is 19.5. The van der Waals surface area contributed by atoms with Gasteiger partial charge in [0.25, 0.3) is 0 Å². The smallest absolute Gasteiger partial charge is 0.314 e. The summed E-state index contributed by atoms with van der Waals surface area (Å²) >= 11 is 5.83. The van der Waals surface area contributed by atoms with Gasteiger partial charge in [-0.15, -0.1) is 0 Å². The van der Waals surface area contributed by atoms with Gasteiger partial charge < -0.3 is 10.2 Å². The second-order valence-corrected chi connectivity index (χ2v) is 4.74. The molecule has 2 N–H and O–H groups in total. The summed E-state index contributed by atoms with van der Waals surface area (Å²) in [4.78, 5) is 11.4. The van der Waals surface area contributed by atoms with E-state index in [9.17, 15) is 15.0 Å². The Kier molecular flexibility index (Phi) is 2.58. The molecule has 1 aromatic rings. The van der Waals surface area contributed by atoms with Gasteiger partial charge in [-0.05, 0) is 31.4 Å². The number of carboxylic acids is 1. The predicted molar refractivity (Wildman–Crippen MR) is 61.0 cm³/mol. The normalized spacial score (nSPS) is 17.9. The fraction of sp³-hybridized carbons (Fsp3) is 0.417. The molecule has 0 bridgehead atoms. The van der Waals surface area contributed by atoms with Crippen molar-refractivity contribution in [3.05, 3.63) is 28.3 Å². The Hall–Kier alpha value is -1.22. The number of phenolic OH excluding ortho intramolecular Hbond substituents is 1. The van der Waals surface area contributed by atoms with Crippen LogP contribution in [-0.4, -0.2) is 16.2 Å². The predicted octanol–water partition coefficient (Wildman–Crippen LogP) is 2.86. The third-order valence-corrected chi connectivity index (χ3v) is 3.74. The maximum absolute atomic E-state index is 11.4. The van der Waals surface area contributed by atoms with Crippen molar-refractivity contribution in [3.63, 3.8) is 0 Å². The summed E-state index contributed by atoms with van der Waals surface area (Å²) in [6.07, 6.45) is 2.01. The van der Waals surface area contributed by atoms with E-state index in [1.54, 1.807) is 19.1 Å². The van der Waals surface area contributed by atoms with Gasteiger partial charge in [-0.2, -0.15) is 0 Å². The van der Waals surface area contributed by atoms with Crippen molar-refractivity contribution < 1.29 is 15.0 Å². The highest BCUT2D eigenvalue weighted by molar-refractivity contribution is 6.32. The molecule has 0 amide bonds. The summed E-state index contributed by atoms with van der Waals surface area (Å²) < 4.78 is 0. The van der Waals surface area contributed by atoms with Gasteiger partial charge in [-0.1, -0.05) is 24.1 Å². The van der Waals surface area contributed by atoms with Crippen LogP contribution in [0.2, 0.25) is 5.02 Å². The Balaban J connectivity index is 2.63. The highest BCUT2D eigenvalue weighted by Gasteiger charge is 2.48. The lowest BCUT2D eigenvalue weighted by atomic mass is 9.63. The summed E-state index contributed by atoms with van der Waals surface area (Å²) in [5.41, 5.74) is 0.335. The lowest BCUT2D eigenvalue weighted by molar-refractivity contribution is -0.147. The highest BCUT2D eigenvalue weighted by Crippen LogP contribution is 2.50. The number of hydrogen-bond donors (Lipinski definition) is 2. The van der Waals surface area contributed by atoms with Gasteiger partial charge in [0, 0.05) is 5.56 Å². The van der Waals surface area contributed by atoms with E-state index in [-0.39, 0.29) is 10.8 Å². The largest absolute Gasteiger partial charge is 0.506 e. The topological polar surface area (TPSA) is 57.5 Å². The number of phenols is 1. The Morgan fingerprint density at radius 3 is 2.50 bits per heavy atom. The van der Waals surface area contributed by atoms with E-state index in [0.717, 1.165) is 12.0 Å². The van der Waals surface area contributed by atoms with E-state index < -0.39 is 11.4 Å². The van der Waals surface area contributed by atoms with Gasteiger partial charge in [0.15, 0.2) is 0 Å². The molecule has 0 spiro atoms. The Bertz CT molecular complexity index is 450. The molecule has 2 rings (SSSR count). The average molecular weight is 241 g/mol. The molecule has 0 saturated heterocycles. The second kappa shape index (κ2) is 3.67. The van der Waals surface area contributed by atoms with E-state index in [0.29, 0.717) is 18.4 Å². The molecule has 16 heavy (non-hydrogen) atoms. The Morgan fingerprint density at radius 1 is 1.44 bits per heavy atom. The van der Waals surface area contributed by atoms with Crippen molar-refractivity contribution in [3.8, 4) is 5.75 Å². The molecule has 0 aromatic heterocycles. The first-order valence-corrected chi connectivity index (χ1v) is 5.59. The third kappa shape index (κ3) is 1.39. The number of aromatic hydroxyl groups is 1. The van der Waals surface area contributed by atoms with E-state index in [1.165, 1.54) is 0 Å². The molecule has 86 valence electrons. The van der Waals surface area contributed by atoms with Crippen LogP contribution < -0.4 is 0 Å². The molecule has 0 aliphatic heterocycles. The minimum absolute atomic E-state index is 0.0798. The molecule has 1 fully saturated rings. The molecule has 1 saturated carbocycles. The molecule has 1 aliphatic carbocycles. The molecule has 0 atom stereocenters. The molecule has 0 unspecified atom stereocenters. The molecule has 4 heteroatoms. The minimum Gasteiger partial charge on any atom is -0.506 e. The zero-order valence-electron chi connectivity index (χ0n) is 8.96. The van der Waals surface area contributed by atoms with Gasteiger partial charge in [-0.25, -0.2) is 0 Å². The fourth-order valence-electron chi connectivity index (χ4n) is 2.37. The van der Waals surface area contributed by atoms with Crippen LogP contribution in [0.4, 0.5) is 0 Å². The van der Waals surface area contributed by atoms with Crippen LogP contribution in [-0.2, 0) is 10.2 Å². The van der Waals surface area contributed by atoms with E-state index in [2.05, 4.69) is 0 Å². The number of hydrogen-bond acceptors (Lipinski definition) is 2. The number of aliphatic carboxylic acids is 1. The average Bonchev–Trinajstić information content (AvgIpc) is 2.15. The van der Waals surface area contributed by atoms with Gasteiger partial charge in [-0.3, -0.25) is 4.79 Å². The van der Waals surface area contributed by atoms with Gasteiger partial charge >= 0.3 is 5.97 Å². The summed E-state index contributed by atoms with van der Waals surface area (Å²) in [6, 6.07) is 3.34. The molecular formula is C12H13ClO3. The van der Waals surface area contributed by atoms with Crippen molar-refractivity contribution in [2.75, 3.05) is 0 Å². The summed E-state index contributed by atoms with van der Waals surface area (Å²) in [5.74, 6) is -0.955. The Labute approximate surface area is 98.7 Å². The van der Waals surface area contributed by atoms with Crippen molar-refractivity contribution >= 4 is 17.6 Å². The van der Waals surface area contributed by atoms with Crippen LogP contribution in [0.25, 0.3) is 0 Å². The van der Waals surface area contributed by atoms with Crippen molar-refractivity contribution in [1.29, 1.82) is 0 Å². The lowest BCUT2D eigenvalue weighted by Crippen LogP contribution is -2.43. The van der Waals surface area contributed by atoms with E-state index in [1.807, 2.05) is 0 Å². The van der Waals surface area contributed by atoms with Gasteiger partial charge in [0.1, 0.15) is 5.75 Å². The first kappa shape index (κ1) is 11.3. The summed E-state index contributed by atoms with van der Waals surface area (Å²) in [7, 11) is 0.